The Morgan fingerprint density at radius 1 is 1.19 bits per heavy atom. The Hall–Kier alpha value is -2.41. The van der Waals surface area contributed by atoms with Crippen molar-refractivity contribution in [3.63, 3.8) is 0 Å². The summed E-state index contributed by atoms with van der Waals surface area (Å²) in [5.74, 6) is 1.33. The average molecular weight is 346 g/mol. The number of hydrogen-bond acceptors (Lipinski definition) is 5. The van der Waals surface area contributed by atoms with Crippen molar-refractivity contribution in [3.05, 3.63) is 46.9 Å². The summed E-state index contributed by atoms with van der Waals surface area (Å²) in [5.41, 5.74) is 8.22. The highest BCUT2D eigenvalue weighted by molar-refractivity contribution is 9.10. The van der Waals surface area contributed by atoms with Gasteiger partial charge in [0, 0.05) is 11.3 Å². The van der Waals surface area contributed by atoms with Crippen LogP contribution in [0.4, 0.5) is 5.69 Å². The lowest BCUT2D eigenvalue weighted by Gasteiger charge is -2.09. The molecular weight excluding hydrogens is 334 g/mol. The second-order valence-electron chi connectivity index (χ2n) is 4.32. The number of anilines is 1. The molecular formula is C14H12BrN5O. The van der Waals surface area contributed by atoms with Crippen molar-refractivity contribution in [2.45, 2.75) is 0 Å². The molecule has 2 N–H and O–H groups in total. The first kappa shape index (κ1) is 13.6. The van der Waals surface area contributed by atoms with E-state index >= 15 is 0 Å². The summed E-state index contributed by atoms with van der Waals surface area (Å²) in [7, 11) is 1.62. The molecule has 0 unspecified atom stereocenters. The summed E-state index contributed by atoms with van der Waals surface area (Å²) >= 11 is 3.46. The largest absolute Gasteiger partial charge is 0.496 e. The lowest BCUT2D eigenvalue weighted by atomic mass is 10.1. The number of benzene rings is 2. The van der Waals surface area contributed by atoms with Crippen molar-refractivity contribution >= 4 is 21.6 Å². The summed E-state index contributed by atoms with van der Waals surface area (Å²) in [6.45, 7) is 0. The van der Waals surface area contributed by atoms with Gasteiger partial charge < -0.3 is 10.5 Å². The van der Waals surface area contributed by atoms with Gasteiger partial charge in [-0.2, -0.15) is 4.68 Å². The Balaban J connectivity index is 2.11. The zero-order chi connectivity index (χ0) is 14.8. The molecule has 0 saturated heterocycles. The highest BCUT2D eigenvalue weighted by atomic mass is 79.9. The molecule has 0 radical (unpaired) electrons. The van der Waals surface area contributed by atoms with E-state index in [0.29, 0.717) is 11.5 Å². The minimum atomic E-state index is 0.588. The van der Waals surface area contributed by atoms with E-state index in [1.807, 2.05) is 42.5 Å². The number of para-hydroxylation sites is 1. The molecule has 6 nitrogen and oxygen atoms in total. The molecule has 2 aromatic carbocycles. The molecule has 106 valence electrons. The van der Waals surface area contributed by atoms with E-state index < -0.39 is 0 Å². The van der Waals surface area contributed by atoms with Crippen LogP contribution in [0.3, 0.4) is 0 Å². The van der Waals surface area contributed by atoms with E-state index in [-0.39, 0.29) is 0 Å². The number of ether oxygens (including phenoxy) is 1. The van der Waals surface area contributed by atoms with E-state index in [4.69, 9.17) is 10.5 Å². The smallest absolute Gasteiger partial charge is 0.189 e. The number of nitrogens with two attached hydrogens (primary N) is 1. The van der Waals surface area contributed by atoms with Gasteiger partial charge in [0.05, 0.1) is 17.3 Å². The van der Waals surface area contributed by atoms with E-state index in [1.165, 1.54) is 0 Å². The van der Waals surface area contributed by atoms with E-state index in [2.05, 4.69) is 31.5 Å². The lowest BCUT2D eigenvalue weighted by Crippen LogP contribution is -2.02. The van der Waals surface area contributed by atoms with Crippen molar-refractivity contribution in [2.24, 2.45) is 0 Å². The molecule has 1 aromatic heterocycles. The standard InChI is InChI=1S/C14H12BrN5O/c1-21-13-7-6-9(8-11(13)15)20-14(17-18-19-20)10-4-2-3-5-12(10)16/h2-8H,16H2,1H3. The van der Waals surface area contributed by atoms with Crippen LogP contribution in [0.15, 0.2) is 46.9 Å². The van der Waals surface area contributed by atoms with E-state index in [1.54, 1.807) is 11.8 Å². The maximum absolute atomic E-state index is 6.00. The highest BCUT2D eigenvalue weighted by Gasteiger charge is 2.14. The predicted molar refractivity (Wildman–Crippen MR) is 83.3 cm³/mol. The predicted octanol–water partition coefficient (Wildman–Crippen LogP) is 2.68. The summed E-state index contributed by atoms with van der Waals surface area (Å²) < 4.78 is 7.68. The van der Waals surface area contributed by atoms with Gasteiger partial charge >= 0.3 is 0 Å². The normalized spacial score (nSPS) is 10.6. The molecule has 1 heterocycles. The summed E-state index contributed by atoms with van der Waals surface area (Å²) in [5, 5.41) is 11.9. The number of aromatic nitrogens is 4. The van der Waals surface area contributed by atoms with Gasteiger partial charge in [-0.15, -0.1) is 5.10 Å². The number of nitrogen functional groups attached to an aromatic ring is 1. The maximum Gasteiger partial charge on any atom is 0.189 e. The van der Waals surface area contributed by atoms with Crippen LogP contribution in [0, 0.1) is 0 Å². The Morgan fingerprint density at radius 2 is 2.00 bits per heavy atom. The second kappa shape index (κ2) is 5.53. The van der Waals surface area contributed by atoms with Crippen molar-refractivity contribution in [2.75, 3.05) is 12.8 Å². The summed E-state index contributed by atoms with van der Waals surface area (Å²) in [4.78, 5) is 0. The fraction of sp³-hybridized carbons (Fsp3) is 0.0714. The fourth-order valence-electron chi connectivity index (χ4n) is 2.02. The first-order valence-electron chi connectivity index (χ1n) is 6.18. The number of halogens is 1. The van der Waals surface area contributed by atoms with Crippen LogP contribution in [0.25, 0.3) is 17.1 Å². The van der Waals surface area contributed by atoms with E-state index in [0.717, 1.165) is 21.5 Å². The van der Waals surface area contributed by atoms with Gasteiger partial charge in [0.1, 0.15) is 5.75 Å². The third-order valence-corrected chi connectivity index (χ3v) is 3.67. The molecule has 0 bridgehead atoms. The van der Waals surface area contributed by atoms with Gasteiger partial charge in [-0.3, -0.25) is 0 Å². The molecule has 0 amide bonds. The van der Waals surface area contributed by atoms with Gasteiger partial charge in [0.2, 0.25) is 0 Å². The molecule has 0 aliphatic carbocycles. The first-order valence-corrected chi connectivity index (χ1v) is 6.97. The lowest BCUT2D eigenvalue weighted by molar-refractivity contribution is 0.412. The average Bonchev–Trinajstić information content (AvgIpc) is 2.97. The minimum absolute atomic E-state index is 0.588. The van der Waals surface area contributed by atoms with Crippen LogP contribution >= 0.6 is 15.9 Å². The molecule has 0 spiro atoms. The van der Waals surface area contributed by atoms with Gasteiger partial charge in [-0.1, -0.05) is 12.1 Å². The number of rotatable bonds is 3. The van der Waals surface area contributed by atoms with Crippen LogP contribution in [0.5, 0.6) is 5.75 Å². The van der Waals surface area contributed by atoms with Gasteiger partial charge in [0.25, 0.3) is 0 Å². The van der Waals surface area contributed by atoms with Crippen molar-refractivity contribution < 1.29 is 4.74 Å². The van der Waals surface area contributed by atoms with Crippen LogP contribution in [0.2, 0.25) is 0 Å². The third kappa shape index (κ3) is 2.47. The number of methoxy groups -OCH3 is 1. The maximum atomic E-state index is 6.00. The summed E-state index contributed by atoms with van der Waals surface area (Å²) in [6.07, 6.45) is 0. The zero-order valence-electron chi connectivity index (χ0n) is 11.2. The highest BCUT2D eigenvalue weighted by Crippen LogP contribution is 2.29. The molecule has 21 heavy (non-hydrogen) atoms. The SMILES string of the molecule is COc1ccc(-n2nnnc2-c2ccccc2N)cc1Br. The number of tetrazole rings is 1. The van der Waals surface area contributed by atoms with Crippen molar-refractivity contribution in [1.82, 2.24) is 20.2 Å². The molecule has 0 aliphatic heterocycles. The Kier molecular flexibility index (Phi) is 3.57. The van der Waals surface area contributed by atoms with Crippen LogP contribution < -0.4 is 10.5 Å². The number of hydrogen-bond donors (Lipinski definition) is 1. The summed E-state index contributed by atoms with van der Waals surface area (Å²) in [6, 6.07) is 13.1. The Morgan fingerprint density at radius 3 is 2.71 bits per heavy atom. The molecule has 0 atom stereocenters. The molecule has 3 rings (SSSR count). The van der Waals surface area contributed by atoms with E-state index in [9.17, 15) is 0 Å². The molecule has 3 aromatic rings. The minimum Gasteiger partial charge on any atom is -0.496 e. The molecule has 0 aliphatic rings. The molecule has 0 fully saturated rings. The fourth-order valence-corrected chi connectivity index (χ4v) is 2.55. The Bertz CT molecular complexity index is 787. The van der Waals surface area contributed by atoms with Crippen LogP contribution in [-0.2, 0) is 0 Å². The third-order valence-electron chi connectivity index (χ3n) is 3.05. The topological polar surface area (TPSA) is 78.8 Å². The molecule has 0 saturated carbocycles. The van der Waals surface area contributed by atoms with Crippen molar-refractivity contribution in [1.29, 1.82) is 0 Å². The van der Waals surface area contributed by atoms with Gasteiger partial charge in [-0.25, -0.2) is 0 Å². The van der Waals surface area contributed by atoms with Gasteiger partial charge in [0.15, 0.2) is 5.82 Å². The monoisotopic (exact) mass is 345 g/mol. The quantitative estimate of drug-likeness (QED) is 0.738. The first-order chi connectivity index (χ1) is 10.2. The second-order valence-corrected chi connectivity index (χ2v) is 5.17. The van der Waals surface area contributed by atoms with Crippen molar-refractivity contribution in [3.8, 4) is 22.8 Å². The number of nitrogens with zero attached hydrogens (tertiary/aromatic N) is 4. The Labute approximate surface area is 129 Å². The van der Waals surface area contributed by atoms with Gasteiger partial charge in [-0.05, 0) is 56.7 Å². The zero-order valence-corrected chi connectivity index (χ0v) is 12.8. The molecule has 7 heteroatoms. The van der Waals surface area contributed by atoms with Crippen LogP contribution in [0.1, 0.15) is 0 Å². The van der Waals surface area contributed by atoms with Crippen LogP contribution in [-0.4, -0.2) is 27.3 Å².